The largest absolute Gasteiger partial charge is 0.481 e. The van der Waals surface area contributed by atoms with Crippen molar-refractivity contribution in [2.75, 3.05) is 32.6 Å². The van der Waals surface area contributed by atoms with E-state index >= 15 is 0 Å². The number of methoxy groups -OCH3 is 1. The van der Waals surface area contributed by atoms with Crippen molar-refractivity contribution >= 4 is 16.7 Å². The number of nitrogens with zero attached hydrogens (tertiary/aromatic N) is 4. The zero-order valence-electron chi connectivity index (χ0n) is 18.0. The van der Waals surface area contributed by atoms with Crippen molar-refractivity contribution in [2.24, 2.45) is 7.05 Å². The van der Waals surface area contributed by atoms with Crippen molar-refractivity contribution in [3.05, 3.63) is 57.1 Å². The van der Waals surface area contributed by atoms with Crippen LogP contribution in [0.5, 0.6) is 5.88 Å². The zero-order chi connectivity index (χ0) is 23.0. The first kappa shape index (κ1) is 22.1. The van der Waals surface area contributed by atoms with Crippen LogP contribution in [-0.2, 0) is 13.6 Å². The second kappa shape index (κ2) is 8.78. The van der Waals surface area contributed by atoms with E-state index in [1.165, 1.54) is 26.3 Å². The number of pyridine rings is 1. The fraction of sp³-hybridized carbons (Fsp3) is 0.409. The highest BCUT2D eigenvalue weighted by molar-refractivity contribution is 5.89. The first-order valence-corrected chi connectivity index (χ1v) is 10.2. The molecule has 0 bridgehead atoms. The molecule has 0 radical (unpaired) electrons. The highest BCUT2D eigenvalue weighted by Gasteiger charge is 2.26. The molecule has 1 aromatic carbocycles. The fourth-order valence-electron chi connectivity index (χ4n) is 4.12. The van der Waals surface area contributed by atoms with Gasteiger partial charge in [-0.25, -0.2) is 22.8 Å². The Hall–Kier alpha value is -3.14. The number of likely N-dealkylation sites (N-methyl/N-ethyl adjacent to an activating group) is 1. The van der Waals surface area contributed by atoms with Gasteiger partial charge in [0.25, 0.3) is 12.0 Å². The number of rotatable bonds is 6. The molecule has 0 spiro atoms. The topological polar surface area (TPSA) is 72.3 Å². The van der Waals surface area contributed by atoms with Gasteiger partial charge in [0.15, 0.2) is 5.82 Å². The number of likely N-dealkylation sites (tertiary alicyclic amines) is 1. The number of ether oxygens (including phenoxy) is 1. The predicted molar refractivity (Wildman–Crippen MR) is 115 cm³/mol. The molecule has 1 unspecified atom stereocenters. The molecule has 1 saturated heterocycles. The quantitative estimate of drug-likeness (QED) is 0.624. The van der Waals surface area contributed by atoms with Crippen molar-refractivity contribution in [3.8, 4) is 5.88 Å². The number of aromatic nitrogens is 3. The van der Waals surface area contributed by atoms with Gasteiger partial charge in [-0.1, -0.05) is 18.2 Å². The number of fused-ring (bicyclic) bond motifs is 1. The predicted octanol–water partition coefficient (Wildman–Crippen LogP) is 3.45. The van der Waals surface area contributed by atoms with Crippen LogP contribution < -0.4 is 15.6 Å². The van der Waals surface area contributed by atoms with Gasteiger partial charge in [0.1, 0.15) is 11.3 Å². The third-order valence-corrected chi connectivity index (χ3v) is 5.83. The molecule has 2 aromatic heterocycles. The van der Waals surface area contributed by atoms with E-state index in [0.29, 0.717) is 17.1 Å². The first-order valence-electron chi connectivity index (χ1n) is 10.2. The SMILES string of the molecule is COc1nc2c(=O)n(C)nc(NCc3cccc(C(F)F)c3F)c2cc1C1CCN(C)C1. The van der Waals surface area contributed by atoms with Gasteiger partial charge in [-0.05, 0) is 26.1 Å². The second-order valence-corrected chi connectivity index (χ2v) is 7.98. The summed E-state index contributed by atoms with van der Waals surface area (Å²) in [5.41, 5.74) is 0.0595. The number of halogens is 3. The lowest BCUT2D eigenvalue weighted by Crippen LogP contribution is -2.23. The van der Waals surface area contributed by atoms with Gasteiger partial charge in [-0.2, -0.15) is 5.10 Å². The average molecular weight is 447 g/mol. The maximum absolute atomic E-state index is 14.5. The van der Waals surface area contributed by atoms with Crippen LogP contribution in [0.4, 0.5) is 19.0 Å². The molecule has 3 aromatic rings. The summed E-state index contributed by atoms with van der Waals surface area (Å²) >= 11 is 0. The Bertz CT molecular complexity index is 1210. The van der Waals surface area contributed by atoms with E-state index in [1.54, 1.807) is 0 Å². The maximum Gasteiger partial charge on any atom is 0.293 e. The normalized spacial score (nSPS) is 16.8. The molecule has 1 aliphatic heterocycles. The third-order valence-electron chi connectivity index (χ3n) is 5.83. The van der Waals surface area contributed by atoms with E-state index in [1.807, 2.05) is 13.1 Å². The Balaban J connectivity index is 1.77. The number of alkyl halides is 2. The molecule has 10 heteroatoms. The molecular weight excluding hydrogens is 423 g/mol. The minimum atomic E-state index is -2.91. The van der Waals surface area contributed by atoms with Gasteiger partial charge < -0.3 is 15.0 Å². The van der Waals surface area contributed by atoms with Crippen LogP contribution in [0.2, 0.25) is 0 Å². The van der Waals surface area contributed by atoms with Crippen molar-refractivity contribution in [2.45, 2.75) is 25.3 Å². The molecule has 0 amide bonds. The van der Waals surface area contributed by atoms with Crippen molar-refractivity contribution in [3.63, 3.8) is 0 Å². The summed E-state index contributed by atoms with van der Waals surface area (Å²) in [4.78, 5) is 19.4. The molecule has 7 nitrogen and oxygen atoms in total. The molecule has 1 aliphatic rings. The summed E-state index contributed by atoms with van der Waals surface area (Å²) in [6, 6.07) is 5.71. The summed E-state index contributed by atoms with van der Waals surface area (Å²) in [6.45, 7) is 1.68. The van der Waals surface area contributed by atoms with Crippen LogP contribution in [0.15, 0.2) is 29.1 Å². The zero-order valence-corrected chi connectivity index (χ0v) is 18.0. The summed E-state index contributed by atoms with van der Waals surface area (Å²) in [7, 11) is 5.03. The molecule has 4 rings (SSSR count). The van der Waals surface area contributed by atoms with E-state index in [2.05, 4.69) is 20.3 Å². The number of benzene rings is 1. The van der Waals surface area contributed by atoms with Gasteiger partial charge in [0, 0.05) is 37.2 Å². The highest BCUT2D eigenvalue weighted by atomic mass is 19.3. The summed E-state index contributed by atoms with van der Waals surface area (Å²) < 4.78 is 47.1. The first-order chi connectivity index (χ1) is 15.3. The van der Waals surface area contributed by atoms with E-state index in [9.17, 15) is 18.0 Å². The smallest absolute Gasteiger partial charge is 0.293 e. The number of aryl methyl sites for hydroxylation is 1. The molecule has 0 aliphatic carbocycles. The lowest BCUT2D eigenvalue weighted by atomic mass is 9.98. The van der Waals surface area contributed by atoms with Crippen LogP contribution in [0.1, 0.15) is 35.5 Å². The summed E-state index contributed by atoms with van der Waals surface area (Å²) in [5.74, 6) is -0.0723. The molecule has 1 fully saturated rings. The highest BCUT2D eigenvalue weighted by Crippen LogP contribution is 2.35. The van der Waals surface area contributed by atoms with E-state index in [0.717, 1.165) is 35.8 Å². The van der Waals surface area contributed by atoms with E-state index < -0.39 is 23.4 Å². The number of nitrogens with one attached hydrogen (secondary N) is 1. The van der Waals surface area contributed by atoms with Gasteiger partial charge in [0.05, 0.1) is 18.1 Å². The van der Waals surface area contributed by atoms with Crippen molar-refractivity contribution < 1.29 is 17.9 Å². The van der Waals surface area contributed by atoms with Crippen LogP contribution in [-0.4, -0.2) is 46.9 Å². The number of hydrogen-bond donors (Lipinski definition) is 1. The van der Waals surface area contributed by atoms with Gasteiger partial charge in [-0.15, -0.1) is 0 Å². The van der Waals surface area contributed by atoms with Crippen LogP contribution in [0.3, 0.4) is 0 Å². The number of anilines is 1. The Morgan fingerprint density at radius 1 is 1.31 bits per heavy atom. The van der Waals surface area contributed by atoms with Gasteiger partial charge in [-0.3, -0.25) is 4.79 Å². The lowest BCUT2D eigenvalue weighted by molar-refractivity contribution is 0.146. The molecule has 170 valence electrons. The summed E-state index contributed by atoms with van der Waals surface area (Å²) in [5, 5.41) is 7.74. The average Bonchev–Trinajstić information content (AvgIpc) is 3.21. The fourth-order valence-corrected chi connectivity index (χ4v) is 4.12. The van der Waals surface area contributed by atoms with Crippen LogP contribution in [0.25, 0.3) is 10.9 Å². The van der Waals surface area contributed by atoms with Crippen molar-refractivity contribution in [1.82, 2.24) is 19.7 Å². The molecule has 1 atom stereocenters. The van der Waals surface area contributed by atoms with E-state index in [-0.39, 0.29) is 23.5 Å². The summed E-state index contributed by atoms with van der Waals surface area (Å²) in [6.07, 6.45) is -1.98. The molecular formula is C22H24F3N5O2. The van der Waals surface area contributed by atoms with E-state index in [4.69, 9.17) is 4.74 Å². The number of hydrogen-bond acceptors (Lipinski definition) is 6. The molecule has 3 heterocycles. The maximum atomic E-state index is 14.5. The Kier molecular flexibility index (Phi) is 6.05. The van der Waals surface area contributed by atoms with Crippen LogP contribution in [0, 0.1) is 5.82 Å². The standard InChI is InChI=1S/C22H24F3N5O2/c1-29-8-7-13(11-29)15-9-16-18(27-21(15)32-3)22(31)30(2)28-20(16)26-10-12-5-4-6-14(17(12)23)19(24)25/h4-6,9,13,19H,7-8,10-11H2,1-3H3,(H,26,28). The molecule has 0 saturated carbocycles. The van der Waals surface area contributed by atoms with Crippen LogP contribution >= 0.6 is 0 Å². The Morgan fingerprint density at radius 2 is 2.09 bits per heavy atom. The minimum absolute atomic E-state index is 0.0747. The molecule has 1 N–H and O–H groups in total. The molecule has 32 heavy (non-hydrogen) atoms. The van der Waals surface area contributed by atoms with Gasteiger partial charge in [0.2, 0.25) is 5.88 Å². The van der Waals surface area contributed by atoms with Gasteiger partial charge >= 0.3 is 0 Å². The Morgan fingerprint density at radius 3 is 2.75 bits per heavy atom. The minimum Gasteiger partial charge on any atom is -0.481 e. The lowest BCUT2D eigenvalue weighted by Gasteiger charge is -2.17. The Labute approximate surface area is 182 Å². The third kappa shape index (κ3) is 4.02. The van der Waals surface area contributed by atoms with Crippen molar-refractivity contribution in [1.29, 1.82) is 0 Å². The second-order valence-electron chi connectivity index (χ2n) is 7.98. The monoisotopic (exact) mass is 447 g/mol.